The average Bonchev–Trinajstić information content (AvgIpc) is 2.49. The molecule has 11 heteroatoms. The van der Waals surface area contributed by atoms with Crippen LogP contribution in [-0.4, -0.2) is 31.1 Å². The molecule has 1 atom stereocenters. The Morgan fingerprint density at radius 1 is 0.929 bits per heavy atom. The van der Waals surface area contributed by atoms with Crippen LogP contribution in [-0.2, 0) is 12.4 Å². The number of hydrogen-bond donors (Lipinski definition) is 1. The largest absolute Gasteiger partial charge is 0.416 e. The monoisotopic (exact) mass is 456 g/mol. The van der Waals surface area contributed by atoms with Gasteiger partial charge in [-0.25, -0.2) is 4.39 Å². The Labute approximate surface area is 170 Å². The Morgan fingerprint density at radius 2 is 1.50 bits per heavy atom. The molecule has 1 saturated carbocycles. The number of piperazine rings is 1. The molecule has 1 aromatic rings. The van der Waals surface area contributed by atoms with E-state index >= 15 is 0 Å². The fourth-order valence-electron chi connectivity index (χ4n) is 3.75. The van der Waals surface area contributed by atoms with E-state index in [0.717, 1.165) is 6.42 Å². The SMILES string of the molecule is Cl.Cl.Fc1cc(C(F)(F)F)cc(C(F)(F)F)c1[C@@H](C1CCC1)N1CCNCC1. The quantitative estimate of drug-likeness (QED) is 0.608. The Balaban J connectivity index is 0.00000196. The fourth-order valence-corrected chi connectivity index (χ4v) is 3.75. The van der Waals surface area contributed by atoms with Gasteiger partial charge in [0.25, 0.3) is 0 Å². The first-order valence-electron chi connectivity index (χ1n) is 8.51. The third-order valence-electron chi connectivity index (χ3n) is 5.20. The number of nitrogens with zero attached hydrogens (tertiary/aromatic N) is 1. The number of nitrogens with one attached hydrogen (secondary N) is 1. The van der Waals surface area contributed by atoms with Crippen LogP contribution < -0.4 is 5.32 Å². The zero-order valence-electron chi connectivity index (χ0n) is 14.7. The third kappa shape index (κ3) is 5.23. The van der Waals surface area contributed by atoms with Crippen LogP contribution in [0.2, 0.25) is 0 Å². The van der Waals surface area contributed by atoms with E-state index < -0.39 is 40.9 Å². The maximum Gasteiger partial charge on any atom is 0.416 e. The van der Waals surface area contributed by atoms with Crippen molar-refractivity contribution in [2.75, 3.05) is 26.2 Å². The Morgan fingerprint density at radius 3 is 1.93 bits per heavy atom. The van der Waals surface area contributed by atoms with Crippen molar-refractivity contribution in [1.82, 2.24) is 10.2 Å². The molecular formula is C17H21Cl2F7N2. The molecule has 0 aromatic heterocycles. The van der Waals surface area contributed by atoms with E-state index in [1.165, 1.54) is 0 Å². The van der Waals surface area contributed by atoms with Crippen molar-refractivity contribution in [3.63, 3.8) is 0 Å². The molecule has 1 aliphatic heterocycles. The molecule has 0 bridgehead atoms. The highest BCUT2D eigenvalue weighted by Crippen LogP contribution is 2.47. The van der Waals surface area contributed by atoms with Gasteiger partial charge in [-0.1, -0.05) is 6.42 Å². The fraction of sp³-hybridized carbons (Fsp3) is 0.647. The van der Waals surface area contributed by atoms with E-state index in [0.29, 0.717) is 39.0 Å². The summed E-state index contributed by atoms with van der Waals surface area (Å²) in [4.78, 5) is 1.77. The summed E-state index contributed by atoms with van der Waals surface area (Å²) in [5.74, 6) is -1.61. The molecule has 1 aromatic carbocycles. The van der Waals surface area contributed by atoms with E-state index in [1.807, 2.05) is 0 Å². The van der Waals surface area contributed by atoms with Crippen molar-refractivity contribution in [2.24, 2.45) is 5.92 Å². The lowest BCUT2D eigenvalue weighted by molar-refractivity contribution is -0.144. The van der Waals surface area contributed by atoms with Crippen molar-refractivity contribution in [3.8, 4) is 0 Å². The lowest BCUT2D eigenvalue weighted by atomic mass is 9.75. The Hall–Kier alpha value is -0.770. The van der Waals surface area contributed by atoms with Gasteiger partial charge < -0.3 is 5.32 Å². The molecule has 1 saturated heterocycles. The van der Waals surface area contributed by atoms with Crippen LogP contribution >= 0.6 is 24.8 Å². The zero-order chi connectivity index (χ0) is 19.1. The first kappa shape index (κ1) is 25.3. The van der Waals surface area contributed by atoms with Crippen molar-refractivity contribution in [1.29, 1.82) is 0 Å². The van der Waals surface area contributed by atoms with Crippen LogP contribution in [0, 0.1) is 11.7 Å². The minimum absolute atomic E-state index is 0. The van der Waals surface area contributed by atoms with Crippen LogP contribution in [0.4, 0.5) is 30.7 Å². The van der Waals surface area contributed by atoms with Gasteiger partial charge in [-0.3, -0.25) is 4.90 Å². The maximum atomic E-state index is 14.7. The van der Waals surface area contributed by atoms with Crippen molar-refractivity contribution < 1.29 is 30.7 Å². The summed E-state index contributed by atoms with van der Waals surface area (Å²) in [5.41, 5.74) is -3.77. The number of hydrogen-bond acceptors (Lipinski definition) is 2. The molecule has 28 heavy (non-hydrogen) atoms. The van der Waals surface area contributed by atoms with E-state index in [9.17, 15) is 30.7 Å². The lowest BCUT2D eigenvalue weighted by Crippen LogP contribution is -2.48. The van der Waals surface area contributed by atoms with Gasteiger partial charge in [0.15, 0.2) is 0 Å². The number of alkyl halides is 6. The normalized spacial score (nSPS) is 20.0. The van der Waals surface area contributed by atoms with Crippen LogP contribution in [0.25, 0.3) is 0 Å². The van der Waals surface area contributed by atoms with E-state index in [-0.39, 0.29) is 42.9 Å². The smallest absolute Gasteiger partial charge is 0.314 e. The predicted molar refractivity (Wildman–Crippen MR) is 95.4 cm³/mol. The second-order valence-electron chi connectivity index (χ2n) is 6.84. The molecule has 1 heterocycles. The topological polar surface area (TPSA) is 15.3 Å². The summed E-state index contributed by atoms with van der Waals surface area (Å²) < 4.78 is 94.0. The van der Waals surface area contributed by atoms with Gasteiger partial charge in [-0.15, -0.1) is 24.8 Å². The molecule has 1 N–H and O–H groups in total. The van der Waals surface area contributed by atoms with Crippen molar-refractivity contribution in [3.05, 3.63) is 34.6 Å². The number of rotatable bonds is 3. The minimum Gasteiger partial charge on any atom is -0.314 e. The van der Waals surface area contributed by atoms with Gasteiger partial charge in [0.1, 0.15) is 5.82 Å². The first-order valence-corrected chi connectivity index (χ1v) is 8.51. The maximum absolute atomic E-state index is 14.7. The molecule has 1 aliphatic carbocycles. The second kappa shape index (κ2) is 9.36. The Bertz CT molecular complexity index is 654. The molecule has 0 radical (unpaired) electrons. The average molecular weight is 457 g/mol. The van der Waals surface area contributed by atoms with Gasteiger partial charge in [-0.05, 0) is 30.9 Å². The Kier molecular flexibility index (Phi) is 8.45. The highest BCUT2D eigenvalue weighted by molar-refractivity contribution is 5.85. The molecule has 3 rings (SSSR count). The summed E-state index contributed by atoms with van der Waals surface area (Å²) in [6.07, 6.45) is -7.98. The van der Waals surface area contributed by atoms with Crippen LogP contribution in [0.1, 0.15) is 42.0 Å². The number of benzene rings is 1. The minimum atomic E-state index is -5.06. The van der Waals surface area contributed by atoms with Crippen LogP contribution in [0.15, 0.2) is 12.1 Å². The molecule has 0 unspecified atom stereocenters. The standard InChI is InChI=1S/C17H19F7N2.2ClH/c18-13-9-11(16(19,20)21)8-12(17(22,23)24)14(13)15(10-2-1-3-10)26-6-4-25-5-7-26;;/h8-10,15,25H,1-7H2;2*1H/t15-;;/m1../s1. The molecule has 2 fully saturated rings. The van der Waals surface area contributed by atoms with Gasteiger partial charge in [0.05, 0.1) is 11.1 Å². The molecule has 2 nitrogen and oxygen atoms in total. The van der Waals surface area contributed by atoms with Crippen LogP contribution in [0.3, 0.4) is 0 Å². The first-order chi connectivity index (χ1) is 12.1. The van der Waals surface area contributed by atoms with Gasteiger partial charge in [-0.2, -0.15) is 26.3 Å². The van der Waals surface area contributed by atoms with E-state index in [4.69, 9.17) is 0 Å². The van der Waals surface area contributed by atoms with Crippen LogP contribution in [0.5, 0.6) is 0 Å². The zero-order valence-corrected chi connectivity index (χ0v) is 16.3. The third-order valence-corrected chi connectivity index (χ3v) is 5.20. The lowest BCUT2D eigenvalue weighted by Gasteiger charge is -2.44. The van der Waals surface area contributed by atoms with E-state index in [2.05, 4.69) is 5.32 Å². The highest BCUT2D eigenvalue weighted by atomic mass is 35.5. The van der Waals surface area contributed by atoms with Crippen molar-refractivity contribution in [2.45, 2.75) is 37.7 Å². The summed E-state index contributed by atoms with van der Waals surface area (Å²) in [6.45, 7) is 1.96. The van der Waals surface area contributed by atoms with Crippen molar-refractivity contribution >= 4 is 24.8 Å². The summed E-state index contributed by atoms with van der Waals surface area (Å²) in [6, 6.07) is -0.616. The molecule has 0 spiro atoms. The molecule has 162 valence electrons. The summed E-state index contributed by atoms with van der Waals surface area (Å²) in [7, 11) is 0. The second-order valence-corrected chi connectivity index (χ2v) is 6.84. The van der Waals surface area contributed by atoms with Gasteiger partial charge in [0.2, 0.25) is 0 Å². The number of halogens is 9. The summed E-state index contributed by atoms with van der Waals surface area (Å²) >= 11 is 0. The van der Waals surface area contributed by atoms with Gasteiger partial charge >= 0.3 is 12.4 Å². The highest BCUT2D eigenvalue weighted by Gasteiger charge is 2.45. The summed E-state index contributed by atoms with van der Waals surface area (Å²) in [5, 5.41) is 3.08. The molecule has 0 amide bonds. The predicted octanol–water partition coefficient (Wildman–Crippen LogP) is 5.45. The molecular weight excluding hydrogens is 436 g/mol. The van der Waals surface area contributed by atoms with E-state index in [1.54, 1.807) is 4.90 Å². The molecule has 2 aliphatic rings. The van der Waals surface area contributed by atoms with Gasteiger partial charge in [0, 0.05) is 37.8 Å².